The Kier molecular flexibility index (Phi) is 3.46. The third-order valence-corrected chi connectivity index (χ3v) is 2.40. The Balaban J connectivity index is 2.69. The van der Waals surface area contributed by atoms with Gasteiger partial charge >= 0.3 is 0 Å². The Morgan fingerprint density at radius 1 is 1.23 bits per heavy atom. The van der Waals surface area contributed by atoms with E-state index in [-0.39, 0.29) is 5.41 Å². The Morgan fingerprint density at radius 2 is 1.85 bits per heavy atom. The van der Waals surface area contributed by atoms with Gasteiger partial charge < -0.3 is 4.84 Å². The molecule has 2 heteroatoms. The molecule has 0 unspecified atom stereocenters. The highest BCUT2D eigenvalue weighted by Crippen LogP contribution is 2.26. The first-order valence-electron chi connectivity index (χ1n) is 4.54. The van der Waals surface area contributed by atoms with Crippen LogP contribution in [-0.2, 0) is 10.3 Å². The van der Waals surface area contributed by atoms with Gasteiger partial charge in [-0.15, -0.1) is 0 Å². The van der Waals surface area contributed by atoms with E-state index in [1.165, 1.54) is 5.56 Å². The van der Waals surface area contributed by atoms with Crippen LogP contribution in [0.25, 0.3) is 0 Å². The molecule has 0 bridgehead atoms. The second kappa shape index (κ2) is 4.40. The molecule has 0 fully saturated rings. The number of hydrogen-bond acceptors (Lipinski definition) is 2. The zero-order valence-electron chi connectivity index (χ0n) is 8.29. The van der Waals surface area contributed by atoms with Crippen LogP contribution in [0.15, 0.2) is 30.3 Å². The zero-order valence-corrected chi connectivity index (χ0v) is 8.29. The molecule has 0 amide bonds. The first-order chi connectivity index (χ1) is 6.17. The van der Waals surface area contributed by atoms with Crippen molar-refractivity contribution in [2.45, 2.75) is 25.7 Å². The van der Waals surface area contributed by atoms with Crippen molar-refractivity contribution in [2.24, 2.45) is 5.90 Å². The van der Waals surface area contributed by atoms with Crippen molar-refractivity contribution in [3.63, 3.8) is 0 Å². The third-order valence-electron chi connectivity index (χ3n) is 2.40. The molecule has 1 rings (SSSR count). The summed E-state index contributed by atoms with van der Waals surface area (Å²) < 4.78 is 0. The summed E-state index contributed by atoms with van der Waals surface area (Å²) in [4.78, 5) is 4.60. The molecule has 0 aliphatic heterocycles. The second-order valence-electron chi connectivity index (χ2n) is 3.87. The van der Waals surface area contributed by atoms with Crippen LogP contribution in [0, 0.1) is 0 Å². The maximum absolute atomic E-state index is 5.01. The molecule has 1 aromatic carbocycles. The van der Waals surface area contributed by atoms with Crippen LogP contribution in [0.4, 0.5) is 0 Å². The van der Waals surface area contributed by atoms with E-state index >= 15 is 0 Å². The van der Waals surface area contributed by atoms with Crippen LogP contribution in [0.5, 0.6) is 0 Å². The average molecular weight is 179 g/mol. The van der Waals surface area contributed by atoms with Gasteiger partial charge in [0.25, 0.3) is 0 Å². The fraction of sp³-hybridized carbons (Fsp3) is 0.455. The number of nitrogens with two attached hydrogens (primary N) is 1. The van der Waals surface area contributed by atoms with E-state index in [4.69, 9.17) is 5.90 Å². The molecule has 2 N–H and O–H groups in total. The lowest BCUT2D eigenvalue weighted by molar-refractivity contribution is 0.121. The van der Waals surface area contributed by atoms with E-state index < -0.39 is 0 Å². The van der Waals surface area contributed by atoms with Crippen molar-refractivity contribution in [3.05, 3.63) is 35.9 Å². The van der Waals surface area contributed by atoms with Gasteiger partial charge in [0.05, 0.1) is 6.61 Å². The normalized spacial score (nSPS) is 11.6. The molecule has 0 aliphatic rings. The molecule has 1 aromatic rings. The van der Waals surface area contributed by atoms with Crippen LogP contribution < -0.4 is 5.90 Å². The molecular formula is C11H17NO. The molecule has 0 atom stereocenters. The van der Waals surface area contributed by atoms with Crippen LogP contribution in [0.1, 0.15) is 25.8 Å². The fourth-order valence-electron chi connectivity index (χ4n) is 1.35. The van der Waals surface area contributed by atoms with Gasteiger partial charge in [-0.05, 0) is 17.4 Å². The predicted octanol–water partition coefficient (Wildman–Crippen LogP) is 2.24. The lowest BCUT2D eigenvalue weighted by atomic mass is 9.82. The van der Waals surface area contributed by atoms with Crippen LogP contribution in [0.2, 0.25) is 0 Å². The van der Waals surface area contributed by atoms with E-state index in [1.54, 1.807) is 0 Å². The zero-order chi connectivity index (χ0) is 9.73. The van der Waals surface area contributed by atoms with Crippen molar-refractivity contribution >= 4 is 0 Å². The summed E-state index contributed by atoms with van der Waals surface area (Å²) in [6, 6.07) is 10.4. The SMILES string of the molecule is CC(C)(CCON)c1ccccc1. The smallest absolute Gasteiger partial charge is 0.0687 e. The summed E-state index contributed by atoms with van der Waals surface area (Å²) in [5.41, 5.74) is 1.47. The molecule has 0 saturated carbocycles. The van der Waals surface area contributed by atoms with Gasteiger partial charge in [0.2, 0.25) is 0 Å². The van der Waals surface area contributed by atoms with Crippen molar-refractivity contribution in [1.29, 1.82) is 0 Å². The quantitative estimate of drug-likeness (QED) is 0.719. The number of rotatable bonds is 4. The highest BCUT2D eigenvalue weighted by Gasteiger charge is 2.19. The molecule has 72 valence electrons. The van der Waals surface area contributed by atoms with Gasteiger partial charge in [-0.3, -0.25) is 0 Å². The Bertz CT molecular complexity index is 244. The summed E-state index contributed by atoms with van der Waals surface area (Å²) in [6.07, 6.45) is 0.938. The molecular weight excluding hydrogens is 162 g/mol. The first-order valence-corrected chi connectivity index (χ1v) is 4.54. The lowest BCUT2D eigenvalue weighted by Gasteiger charge is -2.24. The van der Waals surface area contributed by atoms with Crippen LogP contribution in [-0.4, -0.2) is 6.61 Å². The summed E-state index contributed by atoms with van der Waals surface area (Å²) in [6.45, 7) is 4.99. The van der Waals surface area contributed by atoms with E-state index in [9.17, 15) is 0 Å². The van der Waals surface area contributed by atoms with E-state index in [1.807, 2.05) is 6.07 Å². The van der Waals surface area contributed by atoms with Crippen molar-refractivity contribution in [2.75, 3.05) is 6.61 Å². The van der Waals surface area contributed by atoms with E-state index in [2.05, 4.69) is 43.0 Å². The molecule has 0 spiro atoms. The Labute approximate surface area is 79.7 Å². The van der Waals surface area contributed by atoms with Crippen LogP contribution in [0.3, 0.4) is 0 Å². The highest BCUT2D eigenvalue weighted by molar-refractivity contribution is 5.23. The minimum atomic E-state index is 0.140. The van der Waals surface area contributed by atoms with Crippen molar-refractivity contribution in [1.82, 2.24) is 0 Å². The molecule has 13 heavy (non-hydrogen) atoms. The van der Waals surface area contributed by atoms with Gasteiger partial charge in [-0.25, -0.2) is 5.90 Å². The van der Waals surface area contributed by atoms with Crippen molar-refractivity contribution in [3.8, 4) is 0 Å². The standard InChI is InChI=1S/C11H17NO/c1-11(2,8-9-13-12)10-6-4-3-5-7-10/h3-7H,8-9,12H2,1-2H3. The summed E-state index contributed by atoms with van der Waals surface area (Å²) in [5, 5.41) is 0. The first kappa shape index (κ1) is 10.2. The highest BCUT2D eigenvalue weighted by atomic mass is 16.6. The summed E-state index contributed by atoms with van der Waals surface area (Å²) in [7, 11) is 0. The van der Waals surface area contributed by atoms with Gasteiger partial charge in [0.15, 0.2) is 0 Å². The van der Waals surface area contributed by atoms with Gasteiger partial charge in [0, 0.05) is 0 Å². The van der Waals surface area contributed by atoms with Gasteiger partial charge in [-0.2, -0.15) is 0 Å². The van der Waals surface area contributed by atoms with E-state index in [0.717, 1.165) is 6.42 Å². The minimum Gasteiger partial charge on any atom is -0.305 e. The Hall–Kier alpha value is -0.860. The van der Waals surface area contributed by atoms with Crippen molar-refractivity contribution < 1.29 is 4.84 Å². The fourth-order valence-corrected chi connectivity index (χ4v) is 1.35. The average Bonchev–Trinajstić information content (AvgIpc) is 2.16. The topological polar surface area (TPSA) is 35.2 Å². The molecule has 2 nitrogen and oxygen atoms in total. The molecule has 0 heterocycles. The molecule has 0 aromatic heterocycles. The lowest BCUT2D eigenvalue weighted by Crippen LogP contribution is -2.20. The molecule has 0 aliphatic carbocycles. The maximum Gasteiger partial charge on any atom is 0.0687 e. The summed E-state index contributed by atoms with van der Waals surface area (Å²) in [5.74, 6) is 5.01. The summed E-state index contributed by atoms with van der Waals surface area (Å²) >= 11 is 0. The number of benzene rings is 1. The third kappa shape index (κ3) is 2.83. The monoisotopic (exact) mass is 179 g/mol. The molecule has 0 radical (unpaired) electrons. The maximum atomic E-state index is 5.01. The minimum absolute atomic E-state index is 0.140. The largest absolute Gasteiger partial charge is 0.305 e. The Morgan fingerprint density at radius 3 is 2.38 bits per heavy atom. The molecule has 0 saturated heterocycles. The van der Waals surface area contributed by atoms with Crippen LogP contribution >= 0.6 is 0 Å². The predicted molar refractivity (Wildman–Crippen MR) is 54.2 cm³/mol. The number of hydrogen-bond donors (Lipinski definition) is 1. The van der Waals surface area contributed by atoms with Gasteiger partial charge in [0.1, 0.15) is 0 Å². The second-order valence-corrected chi connectivity index (χ2v) is 3.87. The van der Waals surface area contributed by atoms with E-state index in [0.29, 0.717) is 6.61 Å². The van der Waals surface area contributed by atoms with Gasteiger partial charge in [-0.1, -0.05) is 44.2 Å².